The van der Waals surface area contributed by atoms with E-state index < -0.39 is 0 Å². The highest BCUT2D eigenvalue weighted by molar-refractivity contribution is 5.39. The summed E-state index contributed by atoms with van der Waals surface area (Å²) >= 11 is 0. The smallest absolute Gasteiger partial charge is 0.293 e. The summed E-state index contributed by atoms with van der Waals surface area (Å²) in [7, 11) is 0. The standard InChI is InChI=1S/C16H26O2/c1-11-5-6-12-14(2,3)13-9-16(11,12)8-7-15(13,4)18-10-17/h10-13H,5-9H2,1-4H3/t11-,12-,13-,15-,16+/m1/s1. The van der Waals surface area contributed by atoms with E-state index in [0.29, 0.717) is 23.2 Å². The third-order valence-electron chi connectivity index (χ3n) is 7.09. The van der Waals surface area contributed by atoms with Crippen LogP contribution in [0.3, 0.4) is 0 Å². The molecule has 102 valence electrons. The molecule has 0 radical (unpaired) electrons. The minimum atomic E-state index is -0.222. The SMILES string of the molecule is C[C@@H]1CC[C@@H]2C(C)(C)[C@H]3C[C@@]12CC[C@@]3(C)OC=O. The zero-order valence-electron chi connectivity index (χ0n) is 12.2. The number of hydrogen-bond acceptors (Lipinski definition) is 2. The Balaban J connectivity index is 2.01. The second-order valence-electron chi connectivity index (χ2n) is 7.87. The largest absolute Gasteiger partial charge is 0.461 e. The Morgan fingerprint density at radius 2 is 1.83 bits per heavy atom. The Hall–Kier alpha value is -0.530. The van der Waals surface area contributed by atoms with Gasteiger partial charge in [-0.05, 0) is 61.7 Å². The molecule has 3 saturated carbocycles. The van der Waals surface area contributed by atoms with E-state index in [1.54, 1.807) is 0 Å². The predicted octanol–water partition coefficient (Wildman–Crippen LogP) is 3.79. The van der Waals surface area contributed by atoms with E-state index in [1.165, 1.54) is 25.7 Å². The molecule has 0 aliphatic heterocycles. The molecule has 3 fully saturated rings. The second kappa shape index (κ2) is 3.52. The van der Waals surface area contributed by atoms with Gasteiger partial charge in [-0.1, -0.05) is 20.8 Å². The van der Waals surface area contributed by atoms with Crippen molar-refractivity contribution in [1.29, 1.82) is 0 Å². The van der Waals surface area contributed by atoms with E-state index in [1.807, 2.05) is 0 Å². The van der Waals surface area contributed by atoms with E-state index in [0.717, 1.165) is 18.3 Å². The second-order valence-corrected chi connectivity index (χ2v) is 7.87. The highest BCUT2D eigenvalue weighted by Crippen LogP contribution is 2.73. The van der Waals surface area contributed by atoms with Crippen LogP contribution in [-0.4, -0.2) is 12.1 Å². The molecule has 0 saturated heterocycles. The van der Waals surface area contributed by atoms with Gasteiger partial charge in [0, 0.05) is 5.92 Å². The molecule has 0 unspecified atom stereocenters. The maximum atomic E-state index is 10.9. The lowest BCUT2D eigenvalue weighted by molar-refractivity contribution is -0.157. The molecule has 3 aliphatic carbocycles. The van der Waals surface area contributed by atoms with Crippen molar-refractivity contribution in [2.24, 2.45) is 28.6 Å². The Kier molecular flexibility index (Phi) is 2.44. The van der Waals surface area contributed by atoms with Crippen LogP contribution in [0.2, 0.25) is 0 Å². The highest BCUT2D eigenvalue weighted by atomic mass is 16.5. The van der Waals surface area contributed by atoms with Gasteiger partial charge in [-0.25, -0.2) is 0 Å². The summed E-state index contributed by atoms with van der Waals surface area (Å²) in [5.74, 6) is 2.23. The maximum absolute atomic E-state index is 10.9. The Morgan fingerprint density at radius 1 is 1.11 bits per heavy atom. The normalized spacial score (nSPS) is 53.0. The van der Waals surface area contributed by atoms with E-state index in [4.69, 9.17) is 4.74 Å². The molecule has 2 nitrogen and oxygen atoms in total. The summed E-state index contributed by atoms with van der Waals surface area (Å²) < 4.78 is 5.55. The first-order valence-corrected chi connectivity index (χ1v) is 7.48. The zero-order chi connectivity index (χ0) is 13.2. The van der Waals surface area contributed by atoms with Crippen LogP contribution in [0.1, 0.15) is 59.8 Å². The Labute approximate surface area is 110 Å². The maximum Gasteiger partial charge on any atom is 0.293 e. The van der Waals surface area contributed by atoms with Crippen molar-refractivity contribution >= 4 is 6.47 Å². The fourth-order valence-corrected chi connectivity index (χ4v) is 6.11. The van der Waals surface area contributed by atoms with Gasteiger partial charge in [0.2, 0.25) is 0 Å². The molecule has 18 heavy (non-hydrogen) atoms. The fraction of sp³-hybridized carbons (Fsp3) is 0.938. The van der Waals surface area contributed by atoms with Gasteiger partial charge in [0.05, 0.1) is 0 Å². The van der Waals surface area contributed by atoms with Gasteiger partial charge in [-0.15, -0.1) is 0 Å². The zero-order valence-corrected chi connectivity index (χ0v) is 12.2. The molecule has 0 N–H and O–H groups in total. The molecule has 5 atom stereocenters. The molecule has 2 bridgehead atoms. The van der Waals surface area contributed by atoms with Gasteiger partial charge in [-0.3, -0.25) is 4.79 Å². The van der Waals surface area contributed by atoms with E-state index in [9.17, 15) is 4.79 Å². The Morgan fingerprint density at radius 3 is 2.50 bits per heavy atom. The van der Waals surface area contributed by atoms with Crippen molar-refractivity contribution in [3.05, 3.63) is 0 Å². The molecule has 0 amide bonds. The van der Waals surface area contributed by atoms with Gasteiger partial charge in [0.1, 0.15) is 5.60 Å². The average Bonchev–Trinajstić information content (AvgIpc) is 2.71. The average molecular weight is 250 g/mol. The van der Waals surface area contributed by atoms with Crippen LogP contribution in [0.4, 0.5) is 0 Å². The summed E-state index contributed by atoms with van der Waals surface area (Å²) in [5.41, 5.74) is 0.652. The fourth-order valence-electron chi connectivity index (χ4n) is 6.11. The number of carbonyl (C=O) groups is 1. The molecule has 0 aromatic rings. The van der Waals surface area contributed by atoms with Crippen LogP contribution >= 0.6 is 0 Å². The molecule has 0 aromatic carbocycles. The summed E-state index contributed by atoms with van der Waals surface area (Å²) in [6, 6.07) is 0. The van der Waals surface area contributed by atoms with E-state index >= 15 is 0 Å². The van der Waals surface area contributed by atoms with E-state index in [2.05, 4.69) is 27.7 Å². The van der Waals surface area contributed by atoms with Crippen LogP contribution in [-0.2, 0) is 9.53 Å². The first-order chi connectivity index (χ1) is 8.37. The van der Waals surface area contributed by atoms with Crippen molar-refractivity contribution in [2.45, 2.75) is 65.4 Å². The molecule has 0 aromatic heterocycles. The number of rotatable bonds is 2. The molecule has 1 spiro atoms. The van der Waals surface area contributed by atoms with Gasteiger partial charge in [0.25, 0.3) is 6.47 Å². The van der Waals surface area contributed by atoms with Gasteiger partial charge < -0.3 is 4.74 Å². The summed E-state index contributed by atoms with van der Waals surface area (Å²) in [6.45, 7) is 10.1. The minimum absolute atomic E-state index is 0.222. The van der Waals surface area contributed by atoms with Crippen molar-refractivity contribution in [3.63, 3.8) is 0 Å². The number of carbonyl (C=O) groups excluding carboxylic acids is 1. The molecule has 3 aliphatic rings. The molecular formula is C16H26O2. The third kappa shape index (κ3) is 1.27. The molecule has 2 heteroatoms. The van der Waals surface area contributed by atoms with Crippen LogP contribution in [0.15, 0.2) is 0 Å². The van der Waals surface area contributed by atoms with Crippen molar-refractivity contribution in [3.8, 4) is 0 Å². The lowest BCUT2D eigenvalue weighted by Gasteiger charge is -2.45. The molecular weight excluding hydrogens is 224 g/mol. The first-order valence-electron chi connectivity index (χ1n) is 7.48. The number of fused-ring (bicyclic) bond motifs is 1. The van der Waals surface area contributed by atoms with Gasteiger partial charge >= 0.3 is 0 Å². The summed E-state index contributed by atoms with van der Waals surface area (Å²) in [6.07, 6.45) is 6.36. The summed E-state index contributed by atoms with van der Waals surface area (Å²) in [4.78, 5) is 10.9. The van der Waals surface area contributed by atoms with Crippen molar-refractivity contribution < 1.29 is 9.53 Å². The minimum Gasteiger partial charge on any atom is -0.461 e. The first kappa shape index (κ1) is 12.5. The monoisotopic (exact) mass is 250 g/mol. The van der Waals surface area contributed by atoms with Crippen molar-refractivity contribution in [1.82, 2.24) is 0 Å². The van der Waals surface area contributed by atoms with Crippen LogP contribution in [0.5, 0.6) is 0 Å². The van der Waals surface area contributed by atoms with Crippen LogP contribution < -0.4 is 0 Å². The van der Waals surface area contributed by atoms with Crippen molar-refractivity contribution in [2.75, 3.05) is 0 Å². The molecule has 3 rings (SSSR count). The predicted molar refractivity (Wildman–Crippen MR) is 71.0 cm³/mol. The Bertz CT molecular complexity index is 375. The number of hydrogen-bond donors (Lipinski definition) is 0. The lowest BCUT2D eigenvalue weighted by atomic mass is 9.64. The molecule has 0 heterocycles. The topological polar surface area (TPSA) is 26.3 Å². The van der Waals surface area contributed by atoms with E-state index in [-0.39, 0.29) is 5.60 Å². The highest BCUT2D eigenvalue weighted by Gasteiger charge is 2.68. The number of ether oxygens (including phenoxy) is 1. The van der Waals surface area contributed by atoms with Gasteiger partial charge in [0.15, 0.2) is 0 Å². The van der Waals surface area contributed by atoms with Crippen LogP contribution in [0.25, 0.3) is 0 Å². The van der Waals surface area contributed by atoms with Gasteiger partial charge in [-0.2, -0.15) is 0 Å². The third-order valence-corrected chi connectivity index (χ3v) is 7.09. The lowest BCUT2D eigenvalue weighted by Crippen LogP contribution is -2.46. The summed E-state index contributed by atoms with van der Waals surface area (Å²) in [5, 5.41) is 0. The quantitative estimate of drug-likeness (QED) is 0.697. The van der Waals surface area contributed by atoms with Crippen LogP contribution in [0, 0.1) is 28.6 Å².